The number of rotatable bonds is 3. The fraction of sp³-hybridized carbons (Fsp3) is 0.556. The maximum Gasteiger partial charge on any atom is 0.200 e. The SMILES string of the molecule is CC(O)C(C)(C)Nc1ccc2nnnn2n1. The number of hydrogen-bond donors (Lipinski definition) is 2. The minimum absolute atomic E-state index is 0.464. The Morgan fingerprint density at radius 3 is 2.88 bits per heavy atom. The molecule has 0 aliphatic rings. The molecule has 7 nitrogen and oxygen atoms in total. The van der Waals surface area contributed by atoms with E-state index >= 15 is 0 Å². The molecule has 0 spiro atoms. The topological polar surface area (TPSA) is 88.2 Å². The predicted octanol–water partition coefficient (Wildman–Crippen LogP) is 0.0906. The van der Waals surface area contributed by atoms with Crippen LogP contribution in [-0.2, 0) is 0 Å². The number of nitrogens with one attached hydrogen (secondary N) is 1. The van der Waals surface area contributed by atoms with Gasteiger partial charge >= 0.3 is 0 Å². The van der Waals surface area contributed by atoms with Crippen LogP contribution in [0.5, 0.6) is 0 Å². The van der Waals surface area contributed by atoms with Crippen molar-refractivity contribution in [1.82, 2.24) is 25.3 Å². The van der Waals surface area contributed by atoms with Crippen molar-refractivity contribution in [2.24, 2.45) is 0 Å². The molecule has 16 heavy (non-hydrogen) atoms. The van der Waals surface area contributed by atoms with Crippen LogP contribution in [0.1, 0.15) is 20.8 Å². The molecule has 2 rings (SSSR count). The number of aromatic nitrogens is 5. The Morgan fingerprint density at radius 2 is 2.19 bits per heavy atom. The molecule has 0 aliphatic heterocycles. The quantitative estimate of drug-likeness (QED) is 0.765. The van der Waals surface area contributed by atoms with E-state index in [4.69, 9.17) is 0 Å². The van der Waals surface area contributed by atoms with Crippen LogP contribution in [0.3, 0.4) is 0 Å². The van der Waals surface area contributed by atoms with Crippen LogP contribution in [0.25, 0.3) is 5.65 Å². The Bertz CT molecular complexity index is 491. The Morgan fingerprint density at radius 1 is 1.44 bits per heavy atom. The van der Waals surface area contributed by atoms with E-state index in [2.05, 4.69) is 25.9 Å². The van der Waals surface area contributed by atoms with Crippen molar-refractivity contribution in [2.45, 2.75) is 32.4 Å². The summed E-state index contributed by atoms with van der Waals surface area (Å²) < 4.78 is 1.33. The average Bonchev–Trinajstić information content (AvgIpc) is 2.63. The fourth-order valence-electron chi connectivity index (χ4n) is 1.15. The van der Waals surface area contributed by atoms with E-state index in [1.807, 2.05) is 13.8 Å². The molecule has 0 aromatic carbocycles. The summed E-state index contributed by atoms with van der Waals surface area (Å²) in [4.78, 5) is 0. The highest BCUT2D eigenvalue weighted by Gasteiger charge is 2.24. The van der Waals surface area contributed by atoms with Crippen molar-refractivity contribution in [3.63, 3.8) is 0 Å². The molecular formula is C9H14N6O. The van der Waals surface area contributed by atoms with Crippen molar-refractivity contribution in [1.29, 1.82) is 0 Å². The van der Waals surface area contributed by atoms with E-state index in [-0.39, 0.29) is 0 Å². The average molecular weight is 222 g/mol. The number of aliphatic hydroxyl groups excluding tert-OH is 1. The molecule has 1 unspecified atom stereocenters. The second-order valence-corrected chi connectivity index (χ2v) is 4.27. The molecule has 86 valence electrons. The zero-order chi connectivity index (χ0) is 11.8. The molecule has 0 aliphatic carbocycles. The van der Waals surface area contributed by atoms with Gasteiger partial charge in [0.05, 0.1) is 11.6 Å². The Labute approximate surface area is 92.5 Å². The summed E-state index contributed by atoms with van der Waals surface area (Å²) in [6.07, 6.45) is -0.501. The van der Waals surface area contributed by atoms with Gasteiger partial charge in [0.2, 0.25) is 0 Å². The third-order valence-corrected chi connectivity index (χ3v) is 2.56. The first-order valence-corrected chi connectivity index (χ1v) is 5.01. The molecule has 2 N–H and O–H groups in total. The zero-order valence-corrected chi connectivity index (χ0v) is 9.42. The fourth-order valence-corrected chi connectivity index (χ4v) is 1.15. The van der Waals surface area contributed by atoms with Gasteiger partial charge in [-0.3, -0.25) is 0 Å². The zero-order valence-electron chi connectivity index (χ0n) is 9.42. The van der Waals surface area contributed by atoms with Gasteiger partial charge in [0.15, 0.2) is 5.65 Å². The summed E-state index contributed by atoms with van der Waals surface area (Å²) in [6, 6.07) is 3.53. The molecule has 0 amide bonds. The third-order valence-electron chi connectivity index (χ3n) is 2.56. The molecule has 1 atom stereocenters. The van der Waals surface area contributed by atoms with E-state index in [0.717, 1.165) is 0 Å². The van der Waals surface area contributed by atoms with Crippen molar-refractivity contribution in [2.75, 3.05) is 5.32 Å². The summed E-state index contributed by atoms with van der Waals surface area (Å²) in [7, 11) is 0. The van der Waals surface area contributed by atoms with Crippen molar-refractivity contribution in [3.05, 3.63) is 12.1 Å². The highest BCUT2D eigenvalue weighted by molar-refractivity contribution is 5.43. The summed E-state index contributed by atoms with van der Waals surface area (Å²) in [5, 5.41) is 27.8. The summed E-state index contributed by atoms with van der Waals surface area (Å²) in [6.45, 7) is 5.51. The van der Waals surface area contributed by atoms with Crippen LogP contribution in [0.2, 0.25) is 0 Å². The molecule has 2 heterocycles. The van der Waals surface area contributed by atoms with E-state index in [0.29, 0.717) is 11.5 Å². The largest absolute Gasteiger partial charge is 0.391 e. The van der Waals surface area contributed by atoms with Gasteiger partial charge < -0.3 is 10.4 Å². The van der Waals surface area contributed by atoms with Gasteiger partial charge in [0.1, 0.15) is 5.82 Å². The first kappa shape index (κ1) is 10.7. The molecule has 0 saturated heterocycles. The lowest BCUT2D eigenvalue weighted by Crippen LogP contribution is -2.42. The number of aliphatic hydroxyl groups is 1. The highest BCUT2D eigenvalue weighted by atomic mass is 16.3. The second kappa shape index (κ2) is 3.67. The van der Waals surface area contributed by atoms with Gasteiger partial charge in [0, 0.05) is 0 Å². The highest BCUT2D eigenvalue weighted by Crippen LogP contribution is 2.16. The lowest BCUT2D eigenvalue weighted by atomic mass is 9.99. The lowest BCUT2D eigenvalue weighted by Gasteiger charge is -2.29. The smallest absolute Gasteiger partial charge is 0.200 e. The number of hydrogen-bond acceptors (Lipinski definition) is 6. The van der Waals surface area contributed by atoms with Gasteiger partial charge in [-0.05, 0) is 43.3 Å². The summed E-state index contributed by atoms with van der Waals surface area (Å²) in [5.41, 5.74) is 0.120. The maximum absolute atomic E-state index is 9.58. The van der Waals surface area contributed by atoms with E-state index in [1.54, 1.807) is 19.1 Å². The number of fused-ring (bicyclic) bond motifs is 1. The molecule has 0 saturated carbocycles. The van der Waals surface area contributed by atoms with Crippen LogP contribution in [-0.4, -0.2) is 42.0 Å². The normalized spacial score (nSPS) is 14.0. The first-order chi connectivity index (χ1) is 7.49. The van der Waals surface area contributed by atoms with Crippen molar-refractivity contribution < 1.29 is 5.11 Å². The third kappa shape index (κ3) is 1.94. The van der Waals surface area contributed by atoms with Crippen LogP contribution in [0.15, 0.2) is 12.1 Å². The van der Waals surface area contributed by atoms with Crippen molar-refractivity contribution >= 4 is 11.5 Å². The van der Waals surface area contributed by atoms with Crippen LogP contribution >= 0.6 is 0 Å². The molecule has 0 bridgehead atoms. The molecule has 7 heteroatoms. The van der Waals surface area contributed by atoms with Crippen LogP contribution in [0.4, 0.5) is 5.82 Å². The van der Waals surface area contributed by atoms with Gasteiger partial charge in [0.25, 0.3) is 0 Å². The number of anilines is 1. The number of nitrogens with zero attached hydrogens (tertiary/aromatic N) is 5. The number of tetrazole rings is 1. The minimum Gasteiger partial charge on any atom is -0.391 e. The van der Waals surface area contributed by atoms with E-state index < -0.39 is 11.6 Å². The van der Waals surface area contributed by atoms with E-state index in [9.17, 15) is 5.11 Å². The Balaban J connectivity index is 2.27. The van der Waals surface area contributed by atoms with Gasteiger partial charge in [-0.1, -0.05) is 0 Å². The summed E-state index contributed by atoms with van der Waals surface area (Å²) in [5.74, 6) is 0.616. The van der Waals surface area contributed by atoms with E-state index in [1.165, 1.54) is 4.63 Å². The van der Waals surface area contributed by atoms with Crippen LogP contribution < -0.4 is 5.32 Å². The first-order valence-electron chi connectivity index (χ1n) is 5.01. The van der Waals surface area contributed by atoms with Gasteiger partial charge in [-0.25, -0.2) is 0 Å². The molecule has 0 fully saturated rings. The van der Waals surface area contributed by atoms with Crippen LogP contribution in [0, 0.1) is 0 Å². The molecule has 2 aromatic rings. The Kier molecular flexibility index (Phi) is 2.47. The molecule has 0 radical (unpaired) electrons. The predicted molar refractivity (Wildman–Crippen MR) is 58.0 cm³/mol. The molecule has 2 aromatic heterocycles. The summed E-state index contributed by atoms with van der Waals surface area (Å²) >= 11 is 0. The maximum atomic E-state index is 9.58. The van der Waals surface area contributed by atoms with Crippen molar-refractivity contribution in [3.8, 4) is 0 Å². The lowest BCUT2D eigenvalue weighted by molar-refractivity contribution is 0.133. The monoisotopic (exact) mass is 222 g/mol. The molecular weight excluding hydrogens is 208 g/mol. The standard InChI is InChI=1S/C9H14N6O/c1-6(16)9(2,3)10-7-4-5-8-11-13-14-15(8)12-7/h4-6,16H,1-3H3,(H,10,12). The van der Waals surface area contributed by atoms with Gasteiger partial charge in [-0.15, -0.1) is 14.8 Å². The second-order valence-electron chi connectivity index (χ2n) is 4.27. The Hall–Kier alpha value is -1.76. The minimum atomic E-state index is -0.501. The van der Waals surface area contributed by atoms with Gasteiger partial charge in [-0.2, -0.15) is 0 Å².